The van der Waals surface area contributed by atoms with Gasteiger partial charge in [-0.1, -0.05) is 36.4 Å². The Morgan fingerprint density at radius 3 is 2.61 bits per heavy atom. The molecule has 3 nitrogen and oxygen atoms in total. The molecule has 4 rings (SSSR count). The topological polar surface area (TPSA) is 28.2 Å². The monoisotopic (exact) mass is 385 g/mol. The number of aromatic nitrogens is 1. The summed E-state index contributed by atoms with van der Waals surface area (Å²) in [5.74, 6) is 0. The lowest BCUT2D eigenvalue weighted by Gasteiger charge is -2.33. The Labute approximate surface area is 162 Å². The van der Waals surface area contributed by atoms with Crippen molar-refractivity contribution in [1.29, 1.82) is 0 Å². The number of alkyl halides is 3. The predicted molar refractivity (Wildman–Crippen MR) is 104 cm³/mol. The van der Waals surface area contributed by atoms with Crippen molar-refractivity contribution < 1.29 is 13.2 Å². The molecule has 6 heteroatoms. The summed E-state index contributed by atoms with van der Waals surface area (Å²) in [6, 6.07) is 15.1. The molecule has 2 heterocycles. The lowest BCUT2D eigenvalue weighted by Crippen LogP contribution is -2.34. The fraction of sp³-hybridized carbons (Fsp3) is 0.318. The Hall–Kier alpha value is -2.44. The van der Waals surface area contributed by atoms with Gasteiger partial charge in [-0.2, -0.15) is 13.2 Å². The third kappa shape index (κ3) is 3.88. The highest BCUT2D eigenvalue weighted by atomic mass is 19.4. The van der Waals surface area contributed by atoms with Crippen LogP contribution in [0, 0.1) is 0 Å². The van der Waals surface area contributed by atoms with Gasteiger partial charge in [-0.05, 0) is 42.3 Å². The highest BCUT2D eigenvalue weighted by Gasteiger charge is 2.37. The van der Waals surface area contributed by atoms with Gasteiger partial charge in [0.25, 0.3) is 0 Å². The Balaban J connectivity index is 1.87. The average Bonchev–Trinajstić information content (AvgIpc) is 2.97. The van der Waals surface area contributed by atoms with Crippen LogP contribution in [0.5, 0.6) is 0 Å². The molecule has 0 saturated carbocycles. The minimum atomic E-state index is -4.40. The molecule has 1 fully saturated rings. The van der Waals surface area contributed by atoms with E-state index < -0.39 is 17.8 Å². The first kappa shape index (κ1) is 18.9. The lowest BCUT2D eigenvalue weighted by atomic mass is 9.92. The maximum absolute atomic E-state index is 13.8. The molecular formula is C22H22F3N3. The molecule has 0 amide bonds. The highest BCUT2D eigenvalue weighted by Crippen LogP contribution is 2.39. The first-order chi connectivity index (χ1) is 13.5. The fourth-order valence-corrected chi connectivity index (χ4v) is 3.94. The molecular weight excluding hydrogens is 363 g/mol. The summed E-state index contributed by atoms with van der Waals surface area (Å²) in [4.78, 5) is 6.65. The van der Waals surface area contributed by atoms with E-state index >= 15 is 0 Å². The molecule has 0 aliphatic carbocycles. The van der Waals surface area contributed by atoms with Crippen LogP contribution in [-0.2, 0) is 6.18 Å². The van der Waals surface area contributed by atoms with Gasteiger partial charge < -0.3 is 5.32 Å². The van der Waals surface area contributed by atoms with Crippen molar-refractivity contribution in [3.05, 3.63) is 77.5 Å². The smallest absolute Gasteiger partial charge is 0.315 e. The summed E-state index contributed by atoms with van der Waals surface area (Å²) in [5.41, 5.74) is 1.34. The standard InChI is InChI=1S/C22H22F3N3/c23-22(24,25)19-8-3-2-7-18(19)21(28-12-5-10-26-11-13-28)17-14-16-6-1-4-9-20(16)27-15-17/h1-4,6-9,14-15,21,26H,5,10-13H2. The fourth-order valence-electron chi connectivity index (χ4n) is 3.94. The van der Waals surface area contributed by atoms with Crippen molar-refractivity contribution >= 4 is 10.9 Å². The van der Waals surface area contributed by atoms with Gasteiger partial charge in [0.05, 0.1) is 17.1 Å². The second-order valence-corrected chi connectivity index (χ2v) is 7.09. The number of para-hydroxylation sites is 1. The quantitative estimate of drug-likeness (QED) is 0.712. The summed E-state index contributed by atoms with van der Waals surface area (Å²) < 4.78 is 41.3. The zero-order chi connectivity index (χ0) is 19.6. The minimum absolute atomic E-state index is 0.286. The first-order valence-electron chi connectivity index (χ1n) is 9.49. The average molecular weight is 385 g/mol. The van der Waals surface area contributed by atoms with E-state index in [9.17, 15) is 13.2 Å². The molecule has 0 spiro atoms. The van der Waals surface area contributed by atoms with Crippen LogP contribution in [0.4, 0.5) is 13.2 Å². The zero-order valence-electron chi connectivity index (χ0n) is 15.4. The SMILES string of the molecule is FC(F)(F)c1ccccc1C(c1cnc2ccccc2c1)N1CCCNCC1. The third-order valence-electron chi connectivity index (χ3n) is 5.23. The van der Waals surface area contributed by atoms with Gasteiger partial charge in [-0.25, -0.2) is 0 Å². The summed E-state index contributed by atoms with van der Waals surface area (Å²) in [7, 11) is 0. The second kappa shape index (κ2) is 7.89. The number of hydrogen-bond acceptors (Lipinski definition) is 3. The number of pyridine rings is 1. The Morgan fingerprint density at radius 2 is 1.75 bits per heavy atom. The maximum Gasteiger partial charge on any atom is 0.416 e. The molecule has 0 bridgehead atoms. The highest BCUT2D eigenvalue weighted by molar-refractivity contribution is 5.79. The van der Waals surface area contributed by atoms with Crippen LogP contribution >= 0.6 is 0 Å². The van der Waals surface area contributed by atoms with Crippen LogP contribution in [0.3, 0.4) is 0 Å². The van der Waals surface area contributed by atoms with E-state index in [-0.39, 0.29) is 5.56 Å². The van der Waals surface area contributed by atoms with Crippen LogP contribution < -0.4 is 5.32 Å². The molecule has 1 saturated heterocycles. The van der Waals surface area contributed by atoms with Gasteiger partial charge in [0.15, 0.2) is 0 Å². The summed E-state index contributed by atoms with van der Waals surface area (Å²) in [6.45, 7) is 3.05. The number of nitrogens with one attached hydrogen (secondary N) is 1. The van der Waals surface area contributed by atoms with E-state index in [1.165, 1.54) is 12.1 Å². The largest absolute Gasteiger partial charge is 0.416 e. The summed E-state index contributed by atoms with van der Waals surface area (Å²) in [5, 5.41) is 4.26. The molecule has 1 atom stereocenters. The van der Waals surface area contributed by atoms with Gasteiger partial charge in [0, 0.05) is 31.2 Å². The van der Waals surface area contributed by atoms with Crippen LogP contribution in [0.15, 0.2) is 60.8 Å². The zero-order valence-corrected chi connectivity index (χ0v) is 15.4. The number of benzene rings is 2. The molecule has 3 aromatic rings. The predicted octanol–water partition coefficient (Wildman–Crippen LogP) is 4.64. The van der Waals surface area contributed by atoms with Crippen LogP contribution in [0.1, 0.15) is 29.2 Å². The van der Waals surface area contributed by atoms with Gasteiger partial charge >= 0.3 is 6.18 Å². The molecule has 0 radical (unpaired) electrons. The second-order valence-electron chi connectivity index (χ2n) is 7.09. The van der Waals surface area contributed by atoms with E-state index in [1.807, 2.05) is 30.3 Å². The Bertz CT molecular complexity index is 947. The third-order valence-corrected chi connectivity index (χ3v) is 5.23. The van der Waals surface area contributed by atoms with Crippen LogP contribution in [0.25, 0.3) is 10.9 Å². The van der Waals surface area contributed by atoms with Crippen molar-refractivity contribution in [3.8, 4) is 0 Å². The maximum atomic E-state index is 13.8. The number of nitrogens with zero attached hydrogens (tertiary/aromatic N) is 2. The van der Waals surface area contributed by atoms with Crippen molar-refractivity contribution in [2.45, 2.75) is 18.6 Å². The lowest BCUT2D eigenvalue weighted by molar-refractivity contribution is -0.138. The van der Waals surface area contributed by atoms with Crippen molar-refractivity contribution in [1.82, 2.24) is 15.2 Å². The summed E-state index contributed by atoms with van der Waals surface area (Å²) in [6.07, 6.45) is -1.78. The van der Waals surface area contributed by atoms with E-state index in [2.05, 4.69) is 15.2 Å². The Kier molecular flexibility index (Phi) is 5.33. The number of rotatable bonds is 3. The van der Waals surface area contributed by atoms with Gasteiger partial charge in [-0.3, -0.25) is 9.88 Å². The van der Waals surface area contributed by atoms with Crippen molar-refractivity contribution in [2.75, 3.05) is 26.2 Å². The first-order valence-corrected chi connectivity index (χ1v) is 9.49. The number of halogens is 3. The van der Waals surface area contributed by atoms with Crippen molar-refractivity contribution in [2.24, 2.45) is 0 Å². The molecule has 1 aromatic heterocycles. The van der Waals surface area contributed by atoms with Gasteiger partial charge in [0.2, 0.25) is 0 Å². The molecule has 28 heavy (non-hydrogen) atoms. The van der Waals surface area contributed by atoms with Crippen molar-refractivity contribution in [3.63, 3.8) is 0 Å². The normalized spacial score (nSPS) is 17.4. The van der Waals surface area contributed by atoms with E-state index in [1.54, 1.807) is 18.3 Å². The van der Waals surface area contributed by atoms with Gasteiger partial charge in [-0.15, -0.1) is 0 Å². The van der Waals surface area contributed by atoms with E-state index in [0.717, 1.165) is 42.5 Å². The Morgan fingerprint density at radius 1 is 0.964 bits per heavy atom. The minimum Gasteiger partial charge on any atom is -0.315 e. The molecule has 1 N–H and O–H groups in total. The summed E-state index contributed by atoms with van der Waals surface area (Å²) >= 11 is 0. The molecule has 146 valence electrons. The van der Waals surface area contributed by atoms with E-state index in [0.29, 0.717) is 6.54 Å². The van der Waals surface area contributed by atoms with E-state index in [4.69, 9.17) is 0 Å². The molecule has 1 unspecified atom stereocenters. The van der Waals surface area contributed by atoms with Gasteiger partial charge in [0.1, 0.15) is 0 Å². The number of hydrogen-bond donors (Lipinski definition) is 1. The van der Waals surface area contributed by atoms with Crippen LogP contribution in [-0.4, -0.2) is 36.1 Å². The molecule has 1 aliphatic rings. The number of fused-ring (bicyclic) bond motifs is 1. The van der Waals surface area contributed by atoms with Crippen LogP contribution in [0.2, 0.25) is 0 Å². The molecule has 1 aliphatic heterocycles. The molecule has 2 aromatic carbocycles.